The Morgan fingerprint density at radius 3 is 2.25 bits per heavy atom. The van der Waals surface area contributed by atoms with Gasteiger partial charge in [-0.1, -0.05) is 19.4 Å². The maximum atomic E-state index is 11.9. The second-order valence-corrected chi connectivity index (χ2v) is 8.95. The average molecular weight is 361 g/mol. The molecule has 2 fully saturated rings. The first-order valence-electron chi connectivity index (χ1n) is 7.84. The van der Waals surface area contributed by atoms with Crippen LogP contribution in [0, 0.1) is 16.7 Å². The van der Waals surface area contributed by atoms with Crippen LogP contribution in [0.5, 0.6) is 0 Å². The third kappa shape index (κ3) is 4.23. The van der Waals surface area contributed by atoms with Crippen LogP contribution >= 0.6 is 0 Å². The van der Waals surface area contributed by atoms with Gasteiger partial charge in [-0.25, -0.2) is 0 Å². The molecule has 0 amide bonds. The molecule has 2 aliphatic rings. The molecule has 24 heavy (non-hydrogen) atoms. The van der Waals surface area contributed by atoms with E-state index >= 15 is 0 Å². The predicted molar refractivity (Wildman–Crippen MR) is 90.0 cm³/mol. The van der Waals surface area contributed by atoms with Crippen LogP contribution in [0.3, 0.4) is 0 Å². The molecular weight excluding hydrogens is 334 g/mol. The molecule has 0 saturated heterocycles. The summed E-state index contributed by atoms with van der Waals surface area (Å²) in [6.07, 6.45) is 2.33. The number of Topliss-reactive ketones (excluding diaryl/α,β-unsaturated/α-hetero) is 1. The SMILES string of the molecule is C=C(C)C[C@H](N)C(=O)O.CC1(C)[C@H]2CC[C@]1(CS(=O)(=O)O)C(=O)C2. The van der Waals surface area contributed by atoms with Gasteiger partial charge in [0.1, 0.15) is 11.8 Å². The molecule has 3 atom stereocenters. The van der Waals surface area contributed by atoms with Gasteiger partial charge in [-0.15, -0.1) is 6.58 Å². The number of carboxylic acids is 1. The fourth-order valence-corrected chi connectivity index (χ4v) is 5.18. The monoisotopic (exact) mass is 361 g/mol. The van der Waals surface area contributed by atoms with Crippen molar-refractivity contribution < 1.29 is 27.7 Å². The third-order valence-electron chi connectivity index (χ3n) is 5.45. The summed E-state index contributed by atoms with van der Waals surface area (Å²) in [7, 11) is -4.08. The summed E-state index contributed by atoms with van der Waals surface area (Å²) in [6.45, 7) is 9.18. The van der Waals surface area contributed by atoms with Crippen molar-refractivity contribution in [3.05, 3.63) is 12.2 Å². The number of ketones is 1. The fourth-order valence-electron chi connectivity index (χ4n) is 3.88. The van der Waals surface area contributed by atoms with Crippen LogP contribution < -0.4 is 5.73 Å². The van der Waals surface area contributed by atoms with Crippen molar-refractivity contribution in [3.63, 3.8) is 0 Å². The van der Waals surface area contributed by atoms with Crippen LogP contribution in [0.15, 0.2) is 12.2 Å². The number of aliphatic carboxylic acids is 1. The smallest absolute Gasteiger partial charge is 0.320 e. The van der Waals surface area contributed by atoms with Gasteiger partial charge in [0.15, 0.2) is 0 Å². The molecule has 2 aliphatic carbocycles. The van der Waals surface area contributed by atoms with Gasteiger partial charge in [-0.05, 0) is 37.5 Å². The lowest BCUT2D eigenvalue weighted by Crippen LogP contribution is -2.42. The number of fused-ring (bicyclic) bond motifs is 2. The second-order valence-electron chi connectivity index (χ2n) is 7.50. The quantitative estimate of drug-likeness (QED) is 0.500. The lowest BCUT2D eigenvalue weighted by Gasteiger charge is -2.35. The van der Waals surface area contributed by atoms with Crippen molar-refractivity contribution in [1.29, 1.82) is 0 Å². The Morgan fingerprint density at radius 2 is 2.00 bits per heavy atom. The maximum absolute atomic E-state index is 11.9. The molecule has 2 rings (SSSR count). The first kappa shape index (κ1) is 20.8. The third-order valence-corrected chi connectivity index (χ3v) is 6.31. The normalized spacial score (nSPS) is 28.9. The van der Waals surface area contributed by atoms with Crippen LogP contribution in [0.4, 0.5) is 0 Å². The van der Waals surface area contributed by atoms with Gasteiger partial charge in [0.2, 0.25) is 0 Å². The van der Waals surface area contributed by atoms with Crippen LogP contribution in [0.2, 0.25) is 0 Å². The van der Waals surface area contributed by atoms with Gasteiger partial charge in [0.05, 0.1) is 11.2 Å². The molecule has 0 aromatic carbocycles. The highest BCUT2D eigenvalue weighted by Gasteiger charge is 2.65. The summed E-state index contributed by atoms with van der Waals surface area (Å²) in [5, 5.41) is 8.26. The fraction of sp³-hybridized carbons (Fsp3) is 0.750. The van der Waals surface area contributed by atoms with E-state index in [1.807, 2.05) is 13.8 Å². The second kappa shape index (κ2) is 6.93. The van der Waals surface area contributed by atoms with Crippen LogP contribution in [-0.4, -0.2) is 41.6 Å². The van der Waals surface area contributed by atoms with Gasteiger partial charge < -0.3 is 10.8 Å². The number of hydrogen-bond acceptors (Lipinski definition) is 5. The highest BCUT2D eigenvalue weighted by molar-refractivity contribution is 7.85. The summed E-state index contributed by atoms with van der Waals surface area (Å²) in [6, 6.07) is -0.789. The minimum absolute atomic E-state index is 0.0152. The highest BCUT2D eigenvalue weighted by Crippen LogP contribution is 2.64. The van der Waals surface area contributed by atoms with Gasteiger partial charge in [-0.3, -0.25) is 14.1 Å². The van der Waals surface area contributed by atoms with Gasteiger partial charge in [0.25, 0.3) is 10.1 Å². The summed E-state index contributed by atoms with van der Waals surface area (Å²) in [4.78, 5) is 21.9. The van der Waals surface area contributed by atoms with Crippen molar-refractivity contribution in [2.75, 3.05) is 5.75 Å². The van der Waals surface area contributed by atoms with E-state index in [-0.39, 0.29) is 17.1 Å². The van der Waals surface area contributed by atoms with E-state index in [0.717, 1.165) is 12.0 Å². The average Bonchev–Trinajstić information content (AvgIpc) is 2.70. The Balaban J connectivity index is 0.000000277. The van der Waals surface area contributed by atoms with Crippen LogP contribution in [0.1, 0.15) is 46.5 Å². The van der Waals surface area contributed by atoms with E-state index in [9.17, 15) is 18.0 Å². The van der Waals surface area contributed by atoms with Crippen molar-refractivity contribution in [3.8, 4) is 0 Å². The Hall–Kier alpha value is -1.25. The minimum atomic E-state index is -4.08. The van der Waals surface area contributed by atoms with E-state index in [0.29, 0.717) is 19.3 Å². The Kier molecular flexibility index (Phi) is 6.01. The standard InChI is InChI=1S/C10H16O4S.C6H11NO2/c1-9(2)7-3-4-10(9,8(11)5-7)6-15(12,13)14;1-4(2)3-5(7)6(8)9/h7H,3-6H2,1-2H3,(H,12,13,14);5H,1,3,7H2,2H3,(H,8,9)/t7-,10-;5-/m00/s1. The van der Waals surface area contributed by atoms with Crippen molar-refractivity contribution in [2.24, 2.45) is 22.5 Å². The molecule has 2 saturated carbocycles. The van der Waals surface area contributed by atoms with E-state index in [1.165, 1.54) is 0 Å². The molecule has 7 nitrogen and oxygen atoms in total. The molecule has 2 bridgehead atoms. The molecule has 8 heteroatoms. The largest absolute Gasteiger partial charge is 0.480 e. The summed E-state index contributed by atoms with van der Waals surface area (Å²) in [5.41, 5.74) is 4.83. The van der Waals surface area contributed by atoms with E-state index in [1.54, 1.807) is 6.92 Å². The van der Waals surface area contributed by atoms with Crippen molar-refractivity contribution >= 4 is 21.9 Å². The number of rotatable bonds is 5. The molecule has 0 aromatic heterocycles. The lowest BCUT2D eigenvalue weighted by atomic mass is 9.70. The molecule has 0 unspecified atom stereocenters. The summed E-state index contributed by atoms with van der Waals surface area (Å²) in [5.74, 6) is -1.08. The zero-order chi connectivity index (χ0) is 18.9. The van der Waals surface area contributed by atoms with E-state index < -0.39 is 33.3 Å². The van der Waals surface area contributed by atoms with E-state index in [4.69, 9.17) is 15.4 Å². The minimum Gasteiger partial charge on any atom is -0.480 e. The van der Waals surface area contributed by atoms with Gasteiger partial charge in [0, 0.05) is 6.42 Å². The maximum Gasteiger partial charge on any atom is 0.320 e. The molecular formula is C16H27NO6S. The Bertz CT molecular complexity index is 639. The Morgan fingerprint density at radius 1 is 1.46 bits per heavy atom. The number of hydrogen-bond donors (Lipinski definition) is 3. The van der Waals surface area contributed by atoms with Gasteiger partial charge in [-0.2, -0.15) is 8.42 Å². The molecule has 0 heterocycles. The molecule has 0 aliphatic heterocycles. The number of nitrogens with two attached hydrogens (primary N) is 1. The first-order chi connectivity index (χ1) is 10.7. The molecule has 0 aromatic rings. The van der Waals surface area contributed by atoms with Crippen LogP contribution in [0.25, 0.3) is 0 Å². The predicted octanol–water partition coefficient (Wildman–Crippen LogP) is 1.63. The molecule has 138 valence electrons. The Labute approximate surface area is 143 Å². The van der Waals surface area contributed by atoms with Crippen molar-refractivity contribution in [1.82, 2.24) is 0 Å². The number of carbonyl (C=O) groups is 2. The lowest BCUT2D eigenvalue weighted by molar-refractivity contribution is -0.138. The number of carboxylic acid groups (broad SMARTS) is 1. The number of carbonyl (C=O) groups excluding carboxylic acids is 1. The van der Waals surface area contributed by atoms with Gasteiger partial charge >= 0.3 is 5.97 Å². The zero-order valence-electron chi connectivity index (χ0n) is 14.4. The topological polar surface area (TPSA) is 135 Å². The highest BCUT2D eigenvalue weighted by atomic mass is 32.2. The zero-order valence-corrected chi connectivity index (χ0v) is 15.2. The summed E-state index contributed by atoms with van der Waals surface area (Å²) < 4.78 is 31.0. The first-order valence-corrected chi connectivity index (χ1v) is 9.45. The molecule has 4 N–H and O–H groups in total. The summed E-state index contributed by atoms with van der Waals surface area (Å²) >= 11 is 0. The van der Waals surface area contributed by atoms with Crippen molar-refractivity contribution in [2.45, 2.75) is 52.5 Å². The molecule has 0 radical (unpaired) electrons. The molecule has 0 spiro atoms. The van der Waals surface area contributed by atoms with Crippen LogP contribution in [-0.2, 0) is 19.7 Å². The van der Waals surface area contributed by atoms with E-state index in [2.05, 4.69) is 6.58 Å².